The second-order valence-electron chi connectivity index (χ2n) is 5.08. The van der Waals surface area contributed by atoms with Crippen LogP contribution in [0.1, 0.15) is 22.3 Å². The summed E-state index contributed by atoms with van der Waals surface area (Å²) in [7, 11) is 5.63. The van der Waals surface area contributed by atoms with Crippen LogP contribution in [-0.4, -0.2) is 56.5 Å². The highest BCUT2D eigenvalue weighted by Crippen LogP contribution is 2.12. The maximum atomic E-state index is 14.0. The van der Waals surface area contributed by atoms with Crippen molar-refractivity contribution in [3.63, 3.8) is 0 Å². The van der Waals surface area contributed by atoms with E-state index in [1.165, 1.54) is 17.0 Å². The standard InChI is InChI=1S/C16H22FN3O/c1-19(2)10-5-11-20(3)16(21)14-8-7-13(6-4-9-18)12-15(14)17/h7-8,12H,5,9-11,18H2,1-3H3. The average Bonchev–Trinajstić information content (AvgIpc) is 2.44. The number of carbonyl (C=O) groups excluding carboxylic acids is 1. The van der Waals surface area contributed by atoms with E-state index in [-0.39, 0.29) is 18.0 Å². The van der Waals surface area contributed by atoms with E-state index >= 15 is 0 Å². The average molecular weight is 291 g/mol. The van der Waals surface area contributed by atoms with Crippen molar-refractivity contribution < 1.29 is 9.18 Å². The second kappa shape index (κ2) is 8.40. The first-order chi connectivity index (χ1) is 9.95. The third kappa shape index (κ3) is 5.54. The van der Waals surface area contributed by atoms with Crippen molar-refractivity contribution in [1.29, 1.82) is 0 Å². The fourth-order valence-electron chi connectivity index (χ4n) is 1.85. The summed E-state index contributed by atoms with van der Waals surface area (Å²) in [4.78, 5) is 15.8. The van der Waals surface area contributed by atoms with Crippen LogP contribution < -0.4 is 5.73 Å². The Bertz CT molecular complexity index is 546. The molecule has 1 rings (SSSR count). The molecule has 1 aromatic rings. The molecule has 0 heterocycles. The first-order valence-corrected chi connectivity index (χ1v) is 6.84. The molecule has 0 spiro atoms. The number of nitrogens with two attached hydrogens (primary N) is 1. The smallest absolute Gasteiger partial charge is 0.256 e. The molecule has 21 heavy (non-hydrogen) atoms. The fraction of sp³-hybridized carbons (Fsp3) is 0.438. The maximum Gasteiger partial charge on any atom is 0.256 e. The van der Waals surface area contributed by atoms with Crippen LogP contribution in [-0.2, 0) is 0 Å². The van der Waals surface area contributed by atoms with Crippen molar-refractivity contribution in [3.8, 4) is 11.8 Å². The van der Waals surface area contributed by atoms with Gasteiger partial charge in [-0.15, -0.1) is 0 Å². The van der Waals surface area contributed by atoms with Crippen LogP contribution in [0.15, 0.2) is 18.2 Å². The van der Waals surface area contributed by atoms with E-state index in [9.17, 15) is 9.18 Å². The molecule has 0 atom stereocenters. The van der Waals surface area contributed by atoms with Gasteiger partial charge in [0.15, 0.2) is 0 Å². The third-order valence-corrected chi connectivity index (χ3v) is 2.98. The van der Waals surface area contributed by atoms with Gasteiger partial charge < -0.3 is 15.5 Å². The minimum atomic E-state index is -0.553. The van der Waals surface area contributed by atoms with E-state index in [0.717, 1.165) is 13.0 Å². The molecule has 2 N–H and O–H groups in total. The Morgan fingerprint density at radius 1 is 1.29 bits per heavy atom. The summed E-state index contributed by atoms with van der Waals surface area (Å²) < 4.78 is 14.0. The highest BCUT2D eigenvalue weighted by atomic mass is 19.1. The molecule has 0 aliphatic rings. The lowest BCUT2D eigenvalue weighted by Gasteiger charge is -2.19. The second-order valence-corrected chi connectivity index (χ2v) is 5.08. The zero-order valence-electron chi connectivity index (χ0n) is 12.8. The number of rotatable bonds is 5. The van der Waals surface area contributed by atoms with Gasteiger partial charge in [0.1, 0.15) is 5.82 Å². The number of halogens is 1. The molecule has 0 aromatic heterocycles. The summed E-state index contributed by atoms with van der Waals surface area (Å²) in [6, 6.07) is 4.37. The zero-order valence-corrected chi connectivity index (χ0v) is 12.8. The van der Waals surface area contributed by atoms with Gasteiger partial charge in [-0.3, -0.25) is 4.79 Å². The highest BCUT2D eigenvalue weighted by molar-refractivity contribution is 5.94. The predicted octanol–water partition coefficient (Wildman–Crippen LogP) is 1.16. The van der Waals surface area contributed by atoms with Crippen LogP contribution in [0.3, 0.4) is 0 Å². The van der Waals surface area contributed by atoms with Crippen molar-refractivity contribution >= 4 is 5.91 Å². The van der Waals surface area contributed by atoms with Crippen LogP contribution in [0.25, 0.3) is 0 Å². The van der Waals surface area contributed by atoms with E-state index in [1.807, 2.05) is 19.0 Å². The SMILES string of the molecule is CN(C)CCCN(C)C(=O)c1ccc(C#CCN)cc1F. The molecule has 1 amide bonds. The molecule has 5 heteroatoms. The van der Waals surface area contributed by atoms with Gasteiger partial charge in [-0.1, -0.05) is 11.8 Å². The zero-order chi connectivity index (χ0) is 15.8. The number of amides is 1. The Morgan fingerprint density at radius 3 is 2.57 bits per heavy atom. The van der Waals surface area contributed by atoms with Gasteiger partial charge in [0.25, 0.3) is 5.91 Å². The molecule has 0 radical (unpaired) electrons. The normalized spacial score (nSPS) is 10.2. The van der Waals surface area contributed by atoms with Crippen LogP contribution in [0.5, 0.6) is 0 Å². The lowest BCUT2D eigenvalue weighted by atomic mass is 10.1. The number of nitrogens with zero attached hydrogens (tertiary/aromatic N) is 2. The molecular formula is C16H22FN3O. The fourth-order valence-corrected chi connectivity index (χ4v) is 1.85. The first-order valence-electron chi connectivity index (χ1n) is 6.84. The van der Waals surface area contributed by atoms with Crippen molar-refractivity contribution in [1.82, 2.24) is 9.80 Å². The van der Waals surface area contributed by atoms with Gasteiger partial charge >= 0.3 is 0 Å². The number of hydrogen-bond acceptors (Lipinski definition) is 3. The van der Waals surface area contributed by atoms with Gasteiger partial charge in [0, 0.05) is 19.2 Å². The predicted molar refractivity (Wildman–Crippen MR) is 82.5 cm³/mol. The van der Waals surface area contributed by atoms with E-state index in [2.05, 4.69) is 11.8 Å². The Kier molecular flexibility index (Phi) is 6.86. The van der Waals surface area contributed by atoms with Crippen LogP contribution >= 0.6 is 0 Å². The number of carbonyl (C=O) groups is 1. The van der Waals surface area contributed by atoms with Crippen LogP contribution in [0.2, 0.25) is 0 Å². The minimum absolute atomic E-state index is 0.0700. The van der Waals surface area contributed by atoms with Gasteiger partial charge in [0.05, 0.1) is 12.1 Å². The van der Waals surface area contributed by atoms with Gasteiger partial charge in [0.2, 0.25) is 0 Å². The highest BCUT2D eigenvalue weighted by Gasteiger charge is 2.16. The summed E-state index contributed by atoms with van der Waals surface area (Å²) >= 11 is 0. The quantitative estimate of drug-likeness (QED) is 0.828. The lowest BCUT2D eigenvalue weighted by molar-refractivity contribution is 0.0786. The minimum Gasteiger partial charge on any atom is -0.342 e. The summed E-state index contributed by atoms with van der Waals surface area (Å²) in [5.74, 6) is 4.53. The Balaban J connectivity index is 2.73. The Labute approximate surface area is 125 Å². The molecule has 0 bridgehead atoms. The molecule has 0 fully saturated rings. The van der Waals surface area contributed by atoms with Gasteiger partial charge in [-0.05, 0) is 45.3 Å². The molecule has 0 saturated heterocycles. The van der Waals surface area contributed by atoms with E-state index in [1.54, 1.807) is 13.1 Å². The first kappa shape index (κ1) is 17.2. The third-order valence-electron chi connectivity index (χ3n) is 2.98. The molecule has 0 saturated carbocycles. The molecular weight excluding hydrogens is 269 g/mol. The summed E-state index contributed by atoms with van der Waals surface area (Å²) in [6.45, 7) is 1.69. The topological polar surface area (TPSA) is 49.6 Å². The summed E-state index contributed by atoms with van der Waals surface area (Å²) in [6.07, 6.45) is 0.844. The number of hydrogen-bond donors (Lipinski definition) is 1. The van der Waals surface area contributed by atoms with E-state index < -0.39 is 5.82 Å². The molecule has 4 nitrogen and oxygen atoms in total. The largest absolute Gasteiger partial charge is 0.342 e. The Morgan fingerprint density at radius 2 is 2.00 bits per heavy atom. The number of benzene rings is 1. The van der Waals surface area contributed by atoms with E-state index in [4.69, 9.17) is 5.73 Å². The van der Waals surface area contributed by atoms with Gasteiger partial charge in [-0.25, -0.2) is 4.39 Å². The van der Waals surface area contributed by atoms with E-state index in [0.29, 0.717) is 12.1 Å². The van der Waals surface area contributed by atoms with Crippen molar-refractivity contribution in [2.75, 3.05) is 40.8 Å². The van der Waals surface area contributed by atoms with Gasteiger partial charge in [-0.2, -0.15) is 0 Å². The van der Waals surface area contributed by atoms with Crippen molar-refractivity contribution in [2.24, 2.45) is 5.73 Å². The molecule has 0 unspecified atom stereocenters. The van der Waals surface area contributed by atoms with Crippen molar-refractivity contribution in [3.05, 3.63) is 35.1 Å². The van der Waals surface area contributed by atoms with Crippen LogP contribution in [0, 0.1) is 17.7 Å². The molecule has 114 valence electrons. The lowest BCUT2D eigenvalue weighted by Crippen LogP contribution is -2.30. The molecule has 0 aliphatic heterocycles. The maximum absolute atomic E-state index is 14.0. The molecule has 1 aromatic carbocycles. The van der Waals surface area contributed by atoms with Crippen molar-refractivity contribution in [2.45, 2.75) is 6.42 Å². The molecule has 0 aliphatic carbocycles. The monoisotopic (exact) mass is 291 g/mol. The Hall–Kier alpha value is -1.90. The summed E-state index contributed by atoms with van der Waals surface area (Å²) in [5.41, 5.74) is 5.86. The summed E-state index contributed by atoms with van der Waals surface area (Å²) in [5, 5.41) is 0. The van der Waals surface area contributed by atoms with Crippen LogP contribution in [0.4, 0.5) is 4.39 Å².